The Kier molecular flexibility index (Phi) is 3.79. The number of nitrogens with one attached hydrogen (secondary N) is 2. The number of rotatable bonds is 4. The quantitative estimate of drug-likeness (QED) is 0.653. The van der Waals surface area contributed by atoms with Gasteiger partial charge >= 0.3 is 0 Å². The third kappa shape index (κ3) is 3.02. The minimum absolute atomic E-state index is 0.0708. The van der Waals surface area contributed by atoms with Crippen LogP contribution in [0.1, 0.15) is 43.1 Å². The molecule has 0 bridgehead atoms. The molecule has 1 atom stereocenters. The molecule has 6 nitrogen and oxygen atoms in total. The molecule has 0 aromatic carbocycles. The van der Waals surface area contributed by atoms with Gasteiger partial charge in [-0.1, -0.05) is 13.8 Å². The molecule has 0 spiro atoms. The van der Waals surface area contributed by atoms with E-state index in [2.05, 4.69) is 20.5 Å². The van der Waals surface area contributed by atoms with Gasteiger partial charge in [-0.15, -0.1) is 5.10 Å². The highest BCUT2D eigenvalue weighted by molar-refractivity contribution is 5.90. The Morgan fingerprint density at radius 1 is 1.53 bits per heavy atom. The van der Waals surface area contributed by atoms with Crippen LogP contribution in [-0.4, -0.2) is 33.7 Å². The molecule has 6 heteroatoms. The third-order valence-corrected chi connectivity index (χ3v) is 1.98. The molecule has 1 heterocycles. The fourth-order valence-corrected chi connectivity index (χ4v) is 0.981. The van der Waals surface area contributed by atoms with E-state index in [0.717, 1.165) is 0 Å². The highest BCUT2D eigenvalue weighted by Crippen LogP contribution is 2.07. The smallest absolute Gasteiger partial charge is 0.291 e. The molecular weight excluding hydrogens is 194 g/mol. The summed E-state index contributed by atoms with van der Waals surface area (Å²) < 4.78 is 0. The molecular formula is C9H17N5O. The molecule has 1 rings (SSSR count). The van der Waals surface area contributed by atoms with E-state index in [-0.39, 0.29) is 23.7 Å². The Morgan fingerprint density at radius 2 is 2.20 bits per heavy atom. The van der Waals surface area contributed by atoms with Gasteiger partial charge in [-0.2, -0.15) is 0 Å². The molecule has 0 saturated heterocycles. The van der Waals surface area contributed by atoms with Crippen molar-refractivity contribution >= 4 is 5.91 Å². The van der Waals surface area contributed by atoms with E-state index >= 15 is 0 Å². The Morgan fingerprint density at radius 3 is 2.67 bits per heavy atom. The number of hydrogen-bond donors (Lipinski definition) is 3. The first kappa shape index (κ1) is 11.6. The van der Waals surface area contributed by atoms with Crippen molar-refractivity contribution in [2.75, 3.05) is 6.54 Å². The van der Waals surface area contributed by atoms with Crippen LogP contribution in [0.5, 0.6) is 0 Å². The number of aromatic nitrogens is 3. The Balaban J connectivity index is 2.66. The average molecular weight is 211 g/mol. The molecule has 1 aromatic rings. The lowest BCUT2D eigenvalue weighted by Gasteiger charge is -2.08. The summed E-state index contributed by atoms with van der Waals surface area (Å²) in [6.07, 6.45) is 0. The van der Waals surface area contributed by atoms with Gasteiger partial charge in [0.1, 0.15) is 5.82 Å². The van der Waals surface area contributed by atoms with Crippen LogP contribution in [0.4, 0.5) is 0 Å². The summed E-state index contributed by atoms with van der Waals surface area (Å²) in [4.78, 5) is 15.6. The van der Waals surface area contributed by atoms with Crippen LogP contribution in [0.15, 0.2) is 0 Å². The lowest BCUT2D eigenvalue weighted by Crippen LogP contribution is -2.38. The highest BCUT2D eigenvalue weighted by Gasteiger charge is 2.15. The van der Waals surface area contributed by atoms with Crippen LogP contribution in [0.3, 0.4) is 0 Å². The van der Waals surface area contributed by atoms with Crippen LogP contribution < -0.4 is 11.1 Å². The molecule has 0 aliphatic carbocycles. The van der Waals surface area contributed by atoms with E-state index in [1.54, 1.807) is 0 Å². The van der Waals surface area contributed by atoms with Crippen molar-refractivity contribution in [3.05, 3.63) is 11.6 Å². The van der Waals surface area contributed by atoms with Crippen molar-refractivity contribution in [1.82, 2.24) is 20.5 Å². The fourth-order valence-electron chi connectivity index (χ4n) is 0.981. The normalized spacial score (nSPS) is 12.9. The molecule has 1 amide bonds. The predicted molar refractivity (Wildman–Crippen MR) is 56.5 cm³/mol. The molecule has 4 N–H and O–H groups in total. The average Bonchev–Trinajstić information content (AvgIpc) is 2.66. The van der Waals surface area contributed by atoms with Gasteiger partial charge in [-0.25, -0.2) is 4.98 Å². The molecule has 1 aromatic heterocycles. The number of H-pyrrole nitrogens is 1. The van der Waals surface area contributed by atoms with E-state index in [9.17, 15) is 4.79 Å². The monoisotopic (exact) mass is 211 g/mol. The minimum atomic E-state index is -0.295. The van der Waals surface area contributed by atoms with E-state index in [0.29, 0.717) is 12.4 Å². The largest absolute Gasteiger partial charge is 0.346 e. The highest BCUT2D eigenvalue weighted by atomic mass is 16.2. The van der Waals surface area contributed by atoms with Gasteiger partial charge in [0.2, 0.25) is 5.82 Å². The molecule has 0 radical (unpaired) electrons. The summed E-state index contributed by atoms with van der Waals surface area (Å²) in [6.45, 7) is 6.18. The Bertz CT molecular complexity index is 333. The van der Waals surface area contributed by atoms with Gasteiger partial charge in [-0.3, -0.25) is 9.89 Å². The number of hydrogen-bond acceptors (Lipinski definition) is 4. The molecule has 15 heavy (non-hydrogen) atoms. The maximum absolute atomic E-state index is 11.5. The SMILES string of the molecule is CC(C)c1nc(C(=O)N[C@H](C)CN)n[nH]1. The van der Waals surface area contributed by atoms with E-state index < -0.39 is 0 Å². The van der Waals surface area contributed by atoms with E-state index in [1.807, 2.05) is 20.8 Å². The second kappa shape index (κ2) is 4.88. The molecule has 0 fully saturated rings. The topological polar surface area (TPSA) is 96.7 Å². The van der Waals surface area contributed by atoms with Crippen molar-refractivity contribution in [3.8, 4) is 0 Å². The maximum atomic E-state index is 11.5. The van der Waals surface area contributed by atoms with E-state index in [1.165, 1.54) is 0 Å². The summed E-state index contributed by atoms with van der Waals surface area (Å²) in [5.41, 5.74) is 5.39. The van der Waals surface area contributed by atoms with Gasteiger partial charge < -0.3 is 11.1 Å². The van der Waals surface area contributed by atoms with Gasteiger partial charge in [0.25, 0.3) is 5.91 Å². The zero-order chi connectivity index (χ0) is 11.4. The summed E-state index contributed by atoms with van der Waals surface area (Å²) in [6, 6.07) is -0.0708. The van der Waals surface area contributed by atoms with Crippen molar-refractivity contribution in [2.45, 2.75) is 32.7 Å². The maximum Gasteiger partial charge on any atom is 0.291 e. The Labute approximate surface area is 88.7 Å². The predicted octanol–water partition coefficient (Wildman–Crippen LogP) is 0.00510. The molecule has 0 saturated carbocycles. The minimum Gasteiger partial charge on any atom is -0.346 e. The van der Waals surface area contributed by atoms with Gasteiger partial charge in [0.05, 0.1) is 0 Å². The number of amides is 1. The molecule has 0 unspecified atom stereocenters. The van der Waals surface area contributed by atoms with E-state index in [4.69, 9.17) is 5.73 Å². The third-order valence-electron chi connectivity index (χ3n) is 1.98. The number of carbonyl (C=O) groups is 1. The first-order chi connectivity index (χ1) is 7.04. The van der Waals surface area contributed by atoms with Crippen molar-refractivity contribution in [1.29, 1.82) is 0 Å². The van der Waals surface area contributed by atoms with Crippen molar-refractivity contribution < 1.29 is 4.79 Å². The molecule has 0 aliphatic heterocycles. The number of aromatic amines is 1. The summed E-state index contributed by atoms with van der Waals surface area (Å²) in [5, 5.41) is 9.25. The first-order valence-corrected chi connectivity index (χ1v) is 4.97. The number of carbonyl (C=O) groups excluding carboxylic acids is 1. The fraction of sp³-hybridized carbons (Fsp3) is 0.667. The lowest BCUT2D eigenvalue weighted by atomic mass is 10.2. The summed E-state index contributed by atoms with van der Waals surface area (Å²) >= 11 is 0. The van der Waals surface area contributed by atoms with Crippen LogP contribution in [0.25, 0.3) is 0 Å². The second-order valence-corrected chi connectivity index (χ2v) is 3.81. The van der Waals surface area contributed by atoms with Crippen LogP contribution in [-0.2, 0) is 0 Å². The van der Waals surface area contributed by atoms with Crippen LogP contribution in [0, 0.1) is 0 Å². The molecule has 0 aliphatic rings. The van der Waals surface area contributed by atoms with Gasteiger partial charge in [0, 0.05) is 18.5 Å². The summed E-state index contributed by atoms with van der Waals surface area (Å²) in [5.74, 6) is 0.807. The second-order valence-electron chi connectivity index (χ2n) is 3.81. The molecule has 84 valence electrons. The first-order valence-electron chi connectivity index (χ1n) is 4.97. The van der Waals surface area contributed by atoms with Crippen molar-refractivity contribution in [2.24, 2.45) is 5.73 Å². The zero-order valence-corrected chi connectivity index (χ0v) is 9.24. The number of nitrogens with zero attached hydrogens (tertiary/aromatic N) is 2. The van der Waals surface area contributed by atoms with Gasteiger partial charge in [-0.05, 0) is 6.92 Å². The van der Waals surface area contributed by atoms with Crippen LogP contribution in [0.2, 0.25) is 0 Å². The number of nitrogens with two attached hydrogens (primary N) is 1. The summed E-state index contributed by atoms with van der Waals surface area (Å²) in [7, 11) is 0. The van der Waals surface area contributed by atoms with Crippen molar-refractivity contribution in [3.63, 3.8) is 0 Å². The zero-order valence-electron chi connectivity index (χ0n) is 9.24. The lowest BCUT2D eigenvalue weighted by molar-refractivity contribution is 0.0931. The Hall–Kier alpha value is -1.43. The van der Waals surface area contributed by atoms with Gasteiger partial charge in [0.15, 0.2) is 0 Å². The van der Waals surface area contributed by atoms with Crippen LogP contribution >= 0.6 is 0 Å². The standard InChI is InChI=1S/C9H17N5O/c1-5(2)7-12-8(14-13-7)9(15)11-6(3)4-10/h5-6H,4,10H2,1-3H3,(H,11,15)(H,12,13,14)/t6-/m1/s1.